The molecular formula is C18H16F4N4O4. The normalized spacial score (nSPS) is 14.5. The second-order valence-electron chi connectivity index (χ2n) is 6.23. The summed E-state index contributed by atoms with van der Waals surface area (Å²) in [6.07, 6.45) is -3.69. The molecule has 0 unspecified atom stereocenters. The first kappa shape index (κ1) is 21.3. The van der Waals surface area contributed by atoms with Gasteiger partial charge < -0.3 is 20.1 Å². The summed E-state index contributed by atoms with van der Waals surface area (Å²) >= 11 is 0. The average molecular weight is 428 g/mol. The first-order valence-corrected chi connectivity index (χ1v) is 8.57. The minimum atomic E-state index is -4.66. The lowest BCUT2D eigenvalue weighted by atomic mass is 10.2. The number of ether oxygens (including phenoxy) is 1. The number of amides is 1. The Morgan fingerprint density at radius 2 is 2.07 bits per heavy atom. The summed E-state index contributed by atoms with van der Waals surface area (Å²) in [7, 11) is 1.14. The third kappa shape index (κ3) is 4.13. The highest BCUT2D eigenvalue weighted by molar-refractivity contribution is 6.08. The quantitative estimate of drug-likeness (QED) is 0.537. The molecule has 1 aromatic heterocycles. The maximum Gasteiger partial charge on any atom is 0.435 e. The predicted octanol–water partition coefficient (Wildman–Crippen LogP) is 1.70. The lowest BCUT2D eigenvalue weighted by Gasteiger charge is -2.15. The standard InChI is InChI=1S/C18H16F4N4O4/c1-30-17(29)11-9-25(6-7-27)16(28)15(11)23-10-2-3-13(12(19)8-10)26-5-4-14(24-26)18(20,21)22/h2-5,8,23,27H,6-7,9H2,1H3. The molecule has 0 aliphatic carbocycles. The van der Waals surface area contributed by atoms with E-state index in [1.54, 1.807) is 0 Å². The van der Waals surface area contributed by atoms with E-state index in [9.17, 15) is 27.2 Å². The van der Waals surface area contributed by atoms with Crippen molar-refractivity contribution in [1.82, 2.24) is 14.7 Å². The zero-order chi connectivity index (χ0) is 22.1. The largest absolute Gasteiger partial charge is 0.466 e. The number of esters is 1. The van der Waals surface area contributed by atoms with E-state index >= 15 is 0 Å². The van der Waals surface area contributed by atoms with E-state index in [1.807, 2.05) is 0 Å². The van der Waals surface area contributed by atoms with Gasteiger partial charge in [0.1, 0.15) is 11.4 Å². The second kappa shape index (κ2) is 8.14. The SMILES string of the molecule is COC(=O)C1=C(Nc2ccc(-n3ccc(C(F)(F)F)n3)c(F)c2)C(=O)N(CCO)C1. The number of aromatic nitrogens is 2. The minimum absolute atomic E-state index is 0.00216. The number of hydrogen-bond acceptors (Lipinski definition) is 6. The number of rotatable bonds is 6. The van der Waals surface area contributed by atoms with Gasteiger partial charge in [-0.05, 0) is 24.3 Å². The smallest absolute Gasteiger partial charge is 0.435 e. The van der Waals surface area contributed by atoms with Gasteiger partial charge in [-0.3, -0.25) is 4.79 Å². The fraction of sp³-hybridized carbons (Fsp3) is 0.278. The number of β-amino-alcohol motifs (C(OH)–C–C–N with tert-alkyl or cyclic N) is 1. The van der Waals surface area contributed by atoms with Crippen molar-refractivity contribution in [2.45, 2.75) is 6.18 Å². The summed E-state index contributed by atoms with van der Waals surface area (Å²) in [5.74, 6) is -2.26. The Morgan fingerprint density at radius 3 is 2.63 bits per heavy atom. The van der Waals surface area contributed by atoms with Gasteiger partial charge in [-0.25, -0.2) is 13.9 Å². The van der Waals surface area contributed by atoms with Crippen LogP contribution in [-0.4, -0.2) is 58.5 Å². The highest BCUT2D eigenvalue weighted by atomic mass is 19.4. The van der Waals surface area contributed by atoms with Crippen LogP contribution in [0.25, 0.3) is 5.69 Å². The third-order valence-corrected chi connectivity index (χ3v) is 4.30. The van der Waals surface area contributed by atoms with E-state index in [-0.39, 0.29) is 42.3 Å². The van der Waals surface area contributed by atoms with Crippen molar-refractivity contribution in [2.24, 2.45) is 0 Å². The molecule has 0 spiro atoms. The summed E-state index contributed by atoms with van der Waals surface area (Å²) in [6.45, 7) is -0.429. The van der Waals surface area contributed by atoms with E-state index in [2.05, 4.69) is 15.2 Å². The highest BCUT2D eigenvalue weighted by Crippen LogP contribution is 2.29. The molecule has 0 fully saturated rings. The van der Waals surface area contributed by atoms with Crippen LogP contribution in [-0.2, 0) is 20.5 Å². The number of aliphatic hydroxyl groups excluding tert-OH is 1. The van der Waals surface area contributed by atoms with Crippen molar-refractivity contribution in [1.29, 1.82) is 0 Å². The molecule has 30 heavy (non-hydrogen) atoms. The topological polar surface area (TPSA) is 96.7 Å². The number of nitrogens with zero attached hydrogens (tertiary/aromatic N) is 3. The molecule has 1 aliphatic heterocycles. The van der Waals surface area contributed by atoms with E-state index in [4.69, 9.17) is 5.11 Å². The molecule has 0 saturated carbocycles. The first-order valence-electron chi connectivity index (χ1n) is 8.57. The van der Waals surface area contributed by atoms with Crippen LogP contribution in [0.4, 0.5) is 23.2 Å². The van der Waals surface area contributed by atoms with Crippen molar-refractivity contribution < 1.29 is 37.0 Å². The van der Waals surface area contributed by atoms with Gasteiger partial charge in [0.2, 0.25) is 0 Å². The number of benzene rings is 1. The van der Waals surface area contributed by atoms with Crippen molar-refractivity contribution in [3.8, 4) is 5.69 Å². The molecule has 160 valence electrons. The van der Waals surface area contributed by atoms with E-state index in [0.717, 1.165) is 24.1 Å². The van der Waals surface area contributed by atoms with Crippen LogP contribution >= 0.6 is 0 Å². The number of anilines is 1. The summed E-state index contributed by atoms with van der Waals surface area (Å²) in [5.41, 5.74) is -1.46. The Morgan fingerprint density at radius 1 is 1.33 bits per heavy atom. The predicted molar refractivity (Wildman–Crippen MR) is 94.9 cm³/mol. The number of nitrogens with one attached hydrogen (secondary N) is 1. The first-order chi connectivity index (χ1) is 14.2. The maximum absolute atomic E-state index is 14.5. The third-order valence-electron chi connectivity index (χ3n) is 4.30. The molecule has 2 heterocycles. The van der Waals surface area contributed by atoms with Crippen LogP contribution in [0.15, 0.2) is 41.7 Å². The molecule has 2 N–H and O–H groups in total. The van der Waals surface area contributed by atoms with Crippen molar-refractivity contribution in [3.63, 3.8) is 0 Å². The van der Waals surface area contributed by atoms with E-state index in [0.29, 0.717) is 6.07 Å². The van der Waals surface area contributed by atoms with Crippen LogP contribution in [0.3, 0.4) is 0 Å². The molecule has 0 atom stereocenters. The number of carbonyl (C=O) groups is 2. The van der Waals surface area contributed by atoms with Gasteiger partial charge >= 0.3 is 12.1 Å². The molecule has 0 bridgehead atoms. The van der Waals surface area contributed by atoms with Crippen molar-refractivity contribution in [2.75, 3.05) is 32.1 Å². The number of alkyl halides is 3. The molecule has 1 aromatic carbocycles. The number of methoxy groups -OCH3 is 1. The Hall–Kier alpha value is -3.41. The number of aliphatic hydroxyl groups is 1. The Bertz CT molecular complexity index is 1020. The van der Waals surface area contributed by atoms with Crippen LogP contribution in [0.2, 0.25) is 0 Å². The number of carbonyl (C=O) groups excluding carboxylic acids is 2. The lowest BCUT2D eigenvalue weighted by molar-refractivity contribution is -0.141. The fourth-order valence-corrected chi connectivity index (χ4v) is 2.87. The molecule has 12 heteroatoms. The van der Waals surface area contributed by atoms with Crippen LogP contribution in [0.1, 0.15) is 5.69 Å². The molecule has 1 aliphatic rings. The molecule has 1 amide bonds. The van der Waals surface area contributed by atoms with E-state index < -0.39 is 29.6 Å². The maximum atomic E-state index is 14.5. The van der Waals surface area contributed by atoms with E-state index in [1.165, 1.54) is 17.0 Å². The van der Waals surface area contributed by atoms with Crippen molar-refractivity contribution >= 4 is 17.6 Å². The summed E-state index contributed by atoms with van der Waals surface area (Å²) < 4.78 is 58.0. The van der Waals surface area contributed by atoms with Gasteiger partial charge in [-0.1, -0.05) is 0 Å². The lowest BCUT2D eigenvalue weighted by Crippen LogP contribution is -2.31. The van der Waals surface area contributed by atoms with Crippen molar-refractivity contribution in [3.05, 3.63) is 53.2 Å². The molecule has 0 radical (unpaired) electrons. The Labute approximate surface area is 167 Å². The van der Waals surface area contributed by atoms with Gasteiger partial charge in [0.05, 0.1) is 25.8 Å². The molecular weight excluding hydrogens is 412 g/mol. The summed E-state index contributed by atoms with van der Waals surface area (Å²) in [6, 6.07) is 4.16. The molecule has 3 rings (SSSR count). The summed E-state index contributed by atoms with van der Waals surface area (Å²) in [4.78, 5) is 25.6. The second-order valence-corrected chi connectivity index (χ2v) is 6.23. The van der Waals surface area contributed by atoms with Gasteiger partial charge in [0, 0.05) is 18.4 Å². The molecule has 2 aromatic rings. The van der Waals surface area contributed by atoms with Crippen LogP contribution in [0, 0.1) is 5.82 Å². The molecule has 0 saturated heterocycles. The van der Waals surface area contributed by atoms with Crippen LogP contribution in [0.5, 0.6) is 0 Å². The van der Waals surface area contributed by atoms with Gasteiger partial charge in [0.15, 0.2) is 11.5 Å². The zero-order valence-corrected chi connectivity index (χ0v) is 15.5. The van der Waals surface area contributed by atoms with Gasteiger partial charge in [-0.15, -0.1) is 0 Å². The Kier molecular flexibility index (Phi) is 5.78. The zero-order valence-electron chi connectivity index (χ0n) is 15.5. The fourth-order valence-electron chi connectivity index (χ4n) is 2.87. The van der Waals surface area contributed by atoms with Crippen LogP contribution < -0.4 is 5.32 Å². The highest BCUT2D eigenvalue weighted by Gasteiger charge is 2.35. The minimum Gasteiger partial charge on any atom is -0.466 e. The van der Waals surface area contributed by atoms with Gasteiger partial charge in [-0.2, -0.15) is 18.3 Å². The Balaban J connectivity index is 1.88. The number of halogens is 4. The average Bonchev–Trinajstić information content (AvgIpc) is 3.29. The summed E-state index contributed by atoms with van der Waals surface area (Å²) in [5, 5.41) is 15.0. The number of hydrogen-bond donors (Lipinski definition) is 2. The monoisotopic (exact) mass is 428 g/mol. The molecule has 8 nitrogen and oxygen atoms in total. The van der Waals surface area contributed by atoms with Gasteiger partial charge in [0.25, 0.3) is 5.91 Å².